The van der Waals surface area contributed by atoms with Gasteiger partial charge in [-0.15, -0.1) is 0 Å². The van der Waals surface area contributed by atoms with Crippen molar-refractivity contribution in [2.45, 2.75) is 0 Å². The van der Waals surface area contributed by atoms with Gasteiger partial charge in [0.25, 0.3) is 5.91 Å². The Morgan fingerprint density at radius 2 is 1.92 bits per heavy atom. The van der Waals surface area contributed by atoms with Crippen LogP contribution in [-0.4, -0.2) is 15.2 Å². The van der Waals surface area contributed by atoms with Crippen LogP contribution in [-0.2, 0) is 4.79 Å². The van der Waals surface area contributed by atoms with Crippen molar-refractivity contribution in [2.24, 2.45) is 0 Å². The van der Waals surface area contributed by atoms with E-state index < -0.39 is 0 Å². The van der Waals surface area contributed by atoms with Crippen LogP contribution in [0.15, 0.2) is 65.7 Å². The lowest BCUT2D eigenvalue weighted by molar-refractivity contribution is -0.115. The van der Waals surface area contributed by atoms with Crippen molar-refractivity contribution in [3.05, 3.63) is 71.3 Å². The average Bonchev–Trinajstić information content (AvgIpc) is 2.92. The van der Waals surface area contributed by atoms with Gasteiger partial charge in [0.05, 0.1) is 10.4 Å². The van der Waals surface area contributed by atoms with Crippen molar-refractivity contribution in [3.8, 4) is 11.1 Å². The lowest BCUT2D eigenvalue weighted by Crippen LogP contribution is -2.17. The number of hydrogen-bond donors (Lipinski definition) is 1. The number of nitrogens with one attached hydrogen (secondary N) is 1. The summed E-state index contributed by atoms with van der Waals surface area (Å²) in [6.45, 7) is 0. The molecule has 0 spiro atoms. The molecule has 3 aromatic rings. The molecule has 1 saturated heterocycles. The number of fused-ring (bicyclic) bond motifs is 1. The van der Waals surface area contributed by atoms with E-state index in [1.54, 1.807) is 0 Å². The fourth-order valence-corrected chi connectivity index (χ4v) is 3.65. The Balaban J connectivity index is 1.72. The summed E-state index contributed by atoms with van der Waals surface area (Å²) in [6.07, 6.45) is 3.73. The maximum Gasteiger partial charge on any atom is 0.263 e. The van der Waals surface area contributed by atoms with Crippen molar-refractivity contribution < 1.29 is 4.79 Å². The van der Waals surface area contributed by atoms with Gasteiger partial charge in [0.15, 0.2) is 0 Å². The van der Waals surface area contributed by atoms with Crippen molar-refractivity contribution in [1.82, 2.24) is 10.3 Å². The number of benzene rings is 2. The SMILES string of the molecule is O=C1NC(=S)S/C1=C\c1cccc(-c2cnc3ccccc3c2)c1. The van der Waals surface area contributed by atoms with Crippen LogP contribution in [0.2, 0.25) is 0 Å². The quantitative estimate of drug-likeness (QED) is 0.551. The van der Waals surface area contributed by atoms with E-state index in [1.165, 1.54) is 11.8 Å². The van der Waals surface area contributed by atoms with Crippen LogP contribution in [0.4, 0.5) is 0 Å². The maximum absolute atomic E-state index is 11.8. The van der Waals surface area contributed by atoms with Crippen molar-refractivity contribution in [2.75, 3.05) is 0 Å². The zero-order valence-corrected chi connectivity index (χ0v) is 14.2. The molecule has 0 atom stereocenters. The second-order valence-corrected chi connectivity index (χ2v) is 7.11. The monoisotopic (exact) mass is 348 g/mol. The van der Waals surface area contributed by atoms with E-state index in [2.05, 4.69) is 22.4 Å². The predicted octanol–water partition coefficient (Wildman–Crippen LogP) is 4.39. The Morgan fingerprint density at radius 1 is 1.04 bits per heavy atom. The van der Waals surface area contributed by atoms with Gasteiger partial charge in [-0.3, -0.25) is 9.78 Å². The van der Waals surface area contributed by atoms with Crippen molar-refractivity contribution in [3.63, 3.8) is 0 Å². The van der Waals surface area contributed by atoms with Gasteiger partial charge < -0.3 is 5.32 Å². The number of carbonyl (C=O) groups excluding carboxylic acids is 1. The molecule has 4 rings (SSSR count). The molecule has 24 heavy (non-hydrogen) atoms. The molecule has 5 heteroatoms. The van der Waals surface area contributed by atoms with Gasteiger partial charge in [-0.05, 0) is 35.4 Å². The number of rotatable bonds is 2. The summed E-state index contributed by atoms with van der Waals surface area (Å²) in [5.41, 5.74) is 4.05. The van der Waals surface area contributed by atoms with Crippen LogP contribution in [0.25, 0.3) is 28.1 Å². The van der Waals surface area contributed by atoms with Crippen LogP contribution in [0.1, 0.15) is 5.56 Å². The Kier molecular flexibility index (Phi) is 3.88. The molecule has 2 heterocycles. The Bertz CT molecular complexity index is 1010. The lowest BCUT2D eigenvalue weighted by Gasteiger charge is -2.05. The summed E-state index contributed by atoms with van der Waals surface area (Å²) in [4.78, 5) is 16.9. The normalized spacial score (nSPS) is 15.9. The molecule has 1 aliphatic rings. The van der Waals surface area contributed by atoms with E-state index in [0.717, 1.165) is 27.6 Å². The topological polar surface area (TPSA) is 42.0 Å². The third-order valence-corrected chi connectivity index (χ3v) is 4.91. The standard InChI is InChI=1S/C19H12N2OS2/c22-18-17(24-19(23)21-18)9-12-4-3-6-13(8-12)15-10-14-5-1-2-7-16(14)20-11-15/h1-11H,(H,21,22,23)/b17-9-. The molecule has 0 aliphatic carbocycles. The molecule has 0 unspecified atom stereocenters. The van der Waals surface area contributed by atoms with E-state index in [9.17, 15) is 4.79 Å². The first-order valence-corrected chi connectivity index (χ1v) is 8.62. The molecule has 116 valence electrons. The summed E-state index contributed by atoms with van der Waals surface area (Å²) in [7, 11) is 0. The number of amides is 1. The van der Waals surface area contributed by atoms with E-state index in [-0.39, 0.29) is 5.91 Å². The zero-order valence-electron chi connectivity index (χ0n) is 12.5. The first-order valence-electron chi connectivity index (χ1n) is 7.39. The Morgan fingerprint density at radius 3 is 2.75 bits per heavy atom. The number of para-hydroxylation sites is 1. The molecular weight excluding hydrogens is 336 g/mol. The number of carbonyl (C=O) groups is 1. The second-order valence-electron chi connectivity index (χ2n) is 5.39. The molecule has 0 radical (unpaired) electrons. The van der Waals surface area contributed by atoms with Crippen molar-refractivity contribution in [1.29, 1.82) is 0 Å². The minimum atomic E-state index is -0.136. The number of hydrogen-bond acceptors (Lipinski definition) is 4. The minimum absolute atomic E-state index is 0.136. The van der Waals surface area contributed by atoms with E-state index >= 15 is 0 Å². The molecule has 2 aromatic carbocycles. The fourth-order valence-electron chi connectivity index (χ4n) is 2.61. The molecule has 1 N–H and O–H groups in total. The van der Waals surface area contributed by atoms with Gasteiger partial charge in [-0.2, -0.15) is 0 Å². The number of pyridine rings is 1. The van der Waals surface area contributed by atoms with Crippen LogP contribution >= 0.6 is 24.0 Å². The summed E-state index contributed by atoms with van der Waals surface area (Å²) in [5.74, 6) is -0.136. The number of nitrogens with zero attached hydrogens (tertiary/aromatic N) is 1. The minimum Gasteiger partial charge on any atom is -0.307 e. The average molecular weight is 348 g/mol. The highest BCUT2D eigenvalue weighted by molar-refractivity contribution is 8.26. The van der Waals surface area contributed by atoms with Gasteiger partial charge in [0, 0.05) is 17.1 Å². The summed E-state index contributed by atoms with van der Waals surface area (Å²) >= 11 is 6.31. The van der Waals surface area contributed by atoms with E-state index in [4.69, 9.17) is 12.2 Å². The highest BCUT2D eigenvalue weighted by atomic mass is 32.2. The predicted molar refractivity (Wildman–Crippen MR) is 103 cm³/mol. The Hall–Kier alpha value is -2.50. The van der Waals surface area contributed by atoms with Gasteiger partial charge in [-0.25, -0.2) is 0 Å². The zero-order chi connectivity index (χ0) is 16.5. The molecule has 0 bridgehead atoms. The Labute approximate surface area is 148 Å². The number of thioether (sulfide) groups is 1. The lowest BCUT2D eigenvalue weighted by atomic mass is 10.0. The smallest absolute Gasteiger partial charge is 0.263 e. The maximum atomic E-state index is 11.8. The number of aromatic nitrogens is 1. The molecule has 0 saturated carbocycles. The van der Waals surface area contributed by atoms with E-state index in [1.807, 2.05) is 54.7 Å². The molecule has 1 amide bonds. The van der Waals surface area contributed by atoms with Crippen LogP contribution in [0.3, 0.4) is 0 Å². The van der Waals surface area contributed by atoms with Crippen LogP contribution in [0.5, 0.6) is 0 Å². The van der Waals surface area contributed by atoms with E-state index in [0.29, 0.717) is 9.23 Å². The molecule has 1 aromatic heterocycles. The third-order valence-electron chi connectivity index (χ3n) is 3.75. The van der Waals surface area contributed by atoms with Gasteiger partial charge >= 0.3 is 0 Å². The summed E-state index contributed by atoms with van der Waals surface area (Å²) in [6, 6.07) is 18.2. The highest BCUT2D eigenvalue weighted by Gasteiger charge is 2.21. The van der Waals surface area contributed by atoms with Gasteiger partial charge in [0.1, 0.15) is 4.32 Å². The number of thiocarbonyl (C=S) groups is 1. The summed E-state index contributed by atoms with van der Waals surface area (Å²) < 4.78 is 0.501. The van der Waals surface area contributed by atoms with Crippen LogP contribution < -0.4 is 5.32 Å². The molecule has 1 fully saturated rings. The van der Waals surface area contributed by atoms with Gasteiger partial charge in [0.2, 0.25) is 0 Å². The van der Waals surface area contributed by atoms with Gasteiger partial charge in [-0.1, -0.05) is 60.4 Å². The molecule has 1 aliphatic heterocycles. The third kappa shape index (κ3) is 2.96. The largest absolute Gasteiger partial charge is 0.307 e. The molecular formula is C19H12N2OS2. The van der Waals surface area contributed by atoms with Crippen molar-refractivity contribution >= 4 is 51.2 Å². The molecule has 3 nitrogen and oxygen atoms in total. The van der Waals surface area contributed by atoms with Crippen LogP contribution in [0, 0.1) is 0 Å². The second kappa shape index (κ2) is 6.19. The highest BCUT2D eigenvalue weighted by Crippen LogP contribution is 2.28. The first kappa shape index (κ1) is 15.1. The first-order chi connectivity index (χ1) is 11.7. The summed E-state index contributed by atoms with van der Waals surface area (Å²) in [5, 5.41) is 3.74. The fraction of sp³-hybridized carbons (Fsp3) is 0.